The standard InChI is InChI=1S/C21H27N5O2S/c1-14-18(15(2)25-21(24-14)29-3)8-9-19(27)23-12-16-4-6-17(7-5-16)26-11-10-22-20(28)13-26/h4-7H,8-13H2,1-3H3,(H,22,28)(H,23,27). The normalized spacial score (nSPS) is 13.9. The second-order valence-corrected chi connectivity index (χ2v) is 7.85. The number of aryl methyl sites for hydroxylation is 2. The van der Waals surface area contributed by atoms with Crippen LogP contribution in [0.4, 0.5) is 5.69 Å². The van der Waals surface area contributed by atoms with Gasteiger partial charge in [0.05, 0.1) is 6.54 Å². The van der Waals surface area contributed by atoms with Gasteiger partial charge in [0, 0.05) is 43.1 Å². The molecule has 0 atom stereocenters. The van der Waals surface area contributed by atoms with Gasteiger partial charge in [-0.15, -0.1) is 0 Å². The van der Waals surface area contributed by atoms with E-state index in [1.807, 2.05) is 44.4 Å². The zero-order valence-electron chi connectivity index (χ0n) is 17.1. The summed E-state index contributed by atoms with van der Waals surface area (Å²) in [4.78, 5) is 34.8. The van der Waals surface area contributed by atoms with Crippen LogP contribution in [-0.2, 0) is 22.6 Å². The summed E-state index contributed by atoms with van der Waals surface area (Å²) in [6.45, 7) is 6.28. The Morgan fingerprint density at radius 2 is 1.90 bits per heavy atom. The zero-order valence-corrected chi connectivity index (χ0v) is 17.9. The van der Waals surface area contributed by atoms with Crippen molar-refractivity contribution < 1.29 is 9.59 Å². The summed E-state index contributed by atoms with van der Waals surface area (Å²) in [7, 11) is 0. The summed E-state index contributed by atoms with van der Waals surface area (Å²) in [5.41, 5.74) is 4.99. The Balaban J connectivity index is 1.49. The highest BCUT2D eigenvalue weighted by molar-refractivity contribution is 7.98. The number of benzene rings is 1. The molecule has 0 unspecified atom stereocenters. The molecular formula is C21H27N5O2S. The van der Waals surface area contributed by atoms with Gasteiger partial charge in [0.15, 0.2) is 5.16 Å². The van der Waals surface area contributed by atoms with Crippen molar-refractivity contribution in [3.8, 4) is 0 Å². The summed E-state index contributed by atoms with van der Waals surface area (Å²) in [6, 6.07) is 7.98. The first kappa shape index (κ1) is 21.1. The molecule has 8 heteroatoms. The van der Waals surface area contributed by atoms with Gasteiger partial charge in [0.25, 0.3) is 0 Å². The number of amides is 2. The third-order valence-corrected chi connectivity index (χ3v) is 5.56. The van der Waals surface area contributed by atoms with Crippen molar-refractivity contribution in [1.82, 2.24) is 20.6 Å². The lowest BCUT2D eigenvalue weighted by Gasteiger charge is -2.28. The lowest BCUT2D eigenvalue weighted by molar-refractivity contribution is -0.121. The van der Waals surface area contributed by atoms with Gasteiger partial charge in [-0.25, -0.2) is 9.97 Å². The number of piperazine rings is 1. The number of carbonyl (C=O) groups excluding carboxylic acids is 2. The average Bonchev–Trinajstić information content (AvgIpc) is 2.72. The predicted molar refractivity (Wildman–Crippen MR) is 115 cm³/mol. The van der Waals surface area contributed by atoms with E-state index in [4.69, 9.17) is 0 Å². The van der Waals surface area contributed by atoms with Crippen LogP contribution in [0.15, 0.2) is 29.4 Å². The Labute approximate surface area is 175 Å². The van der Waals surface area contributed by atoms with Gasteiger partial charge in [-0.3, -0.25) is 9.59 Å². The molecule has 29 heavy (non-hydrogen) atoms. The van der Waals surface area contributed by atoms with Crippen molar-refractivity contribution in [3.05, 3.63) is 46.8 Å². The molecule has 2 aromatic rings. The molecule has 2 N–H and O–H groups in total. The zero-order chi connectivity index (χ0) is 20.8. The van der Waals surface area contributed by atoms with E-state index in [9.17, 15) is 9.59 Å². The second-order valence-electron chi connectivity index (χ2n) is 7.07. The van der Waals surface area contributed by atoms with Crippen LogP contribution in [0.5, 0.6) is 0 Å². The molecule has 0 radical (unpaired) electrons. The van der Waals surface area contributed by atoms with Gasteiger partial charge in [-0.05, 0) is 49.8 Å². The third kappa shape index (κ3) is 5.69. The largest absolute Gasteiger partial charge is 0.360 e. The molecule has 1 aliphatic heterocycles. The van der Waals surface area contributed by atoms with Gasteiger partial charge >= 0.3 is 0 Å². The highest BCUT2D eigenvalue weighted by Gasteiger charge is 2.16. The maximum absolute atomic E-state index is 12.3. The topological polar surface area (TPSA) is 87.2 Å². The molecule has 1 fully saturated rings. The fourth-order valence-corrected chi connectivity index (χ4v) is 3.83. The molecule has 154 valence electrons. The molecule has 1 aliphatic rings. The van der Waals surface area contributed by atoms with E-state index in [1.165, 1.54) is 11.8 Å². The van der Waals surface area contributed by atoms with E-state index in [0.29, 0.717) is 32.5 Å². The van der Waals surface area contributed by atoms with Crippen molar-refractivity contribution in [1.29, 1.82) is 0 Å². The predicted octanol–water partition coefficient (Wildman–Crippen LogP) is 2.00. The molecule has 0 saturated carbocycles. The second kappa shape index (κ2) is 9.73. The van der Waals surface area contributed by atoms with Gasteiger partial charge in [0.1, 0.15) is 0 Å². The molecular weight excluding hydrogens is 386 g/mol. The molecule has 2 heterocycles. The molecule has 3 rings (SSSR count). The highest BCUT2D eigenvalue weighted by atomic mass is 32.2. The molecule has 2 amide bonds. The maximum Gasteiger partial charge on any atom is 0.239 e. The lowest BCUT2D eigenvalue weighted by Crippen LogP contribution is -2.47. The Morgan fingerprint density at radius 1 is 1.21 bits per heavy atom. The van der Waals surface area contributed by atoms with Crippen molar-refractivity contribution in [2.75, 3.05) is 30.8 Å². The first-order chi connectivity index (χ1) is 14.0. The molecule has 1 saturated heterocycles. The van der Waals surface area contributed by atoms with Crippen molar-refractivity contribution in [2.24, 2.45) is 0 Å². The number of nitrogens with zero attached hydrogens (tertiary/aromatic N) is 3. The Bertz CT molecular complexity index is 862. The maximum atomic E-state index is 12.3. The van der Waals surface area contributed by atoms with Crippen LogP contribution < -0.4 is 15.5 Å². The number of carbonyl (C=O) groups is 2. The number of nitrogens with one attached hydrogen (secondary N) is 2. The highest BCUT2D eigenvalue weighted by Crippen LogP contribution is 2.18. The van der Waals surface area contributed by atoms with E-state index in [0.717, 1.165) is 39.9 Å². The first-order valence-electron chi connectivity index (χ1n) is 9.71. The summed E-state index contributed by atoms with van der Waals surface area (Å²) in [5.74, 6) is 0.0565. The summed E-state index contributed by atoms with van der Waals surface area (Å²) in [6.07, 6.45) is 3.00. The SMILES string of the molecule is CSc1nc(C)c(CCC(=O)NCc2ccc(N3CCNC(=O)C3)cc2)c(C)n1. The Hall–Kier alpha value is -2.61. The van der Waals surface area contributed by atoms with E-state index >= 15 is 0 Å². The van der Waals surface area contributed by atoms with E-state index in [2.05, 4.69) is 25.5 Å². The number of thioether (sulfide) groups is 1. The summed E-state index contributed by atoms with van der Waals surface area (Å²) < 4.78 is 0. The Kier molecular flexibility index (Phi) is 7.09. The number of anilines is 1. The number of hydrogen-bond donors (Lipinski definition) is 2. The lowest BCUT2D eigenvalue weighted by atomic mass is 10.1. The molecule has 0 aliphatic carbocycles. The van der Waals surface area contributed by atoms with E-state index in [1.54, 1.807) is 0 Å². The minimum atomic E-state index is 0.00882. The van der Waals surface area contributed by atoms with Crippen LogP contribution in [0.3, 0.4) is 0 Å². The quantitative estimate of drug-likeness (QED) is 0.533. The molecule has 1 aromatic heterocycles. The smallest absolute Gasteiger partial charge is 0.239 e. The number of hydrogen-bond acceptors (Lipinski definition) is 6. The number of aromatic nitrogens is 2. The summed E-state index contributed by atoms with van der Waals surface area (Å²) in [5, 5.41) is 6.57. The van der Waals surface area contributed by atoms with Gasteiger partial charge in [-0.1, -0.05) is 23.9 Å². The fraction of sp³-hybridized carbons (Fsp3) is 0.429. The van der Waals surface area contributed by atoms with Gasteiger partial charge < -0.3 is 15.5 Å². The van der Waals surface area contributed by atoms with Crippen LogP contribution in [0, 0.1) is 13.8 Å². The minimum Gasteiger partial charge on any atom is -0.360 e. The van der Waals surface area contributed by atoms with Crippen molar-refractivity contribution in [2.45, 2.75) is 38.4 Å². The van der Waals surface area contributed by atoms with Gasteiger partial charge in [0.2, 0.25) is 11.8 Å². The first-order valence-corrected chi connectivity index (χ1v) is 10.9. The van der Waals surface area contributed by atoms with Crippen LogP contribution in [-0.4, -0.2) is 47.7 Å². The molecule has 1 aromatic carbocycles. The van der Waals surface area contributed by atoms with E-state index < -0.39 is 0 Å². The Morgan fingerprint density at radius 3 is 2.52 bits per heavy atom. The molecule has 7 nitrogen and oxygen atoms in total. The van der Waals surface area contributed by atoms with Crippen LogP contribution in [0.2, 0.25) is 0 Å². The van der Waals surface area contributed by atoms with Gasteiger partial charge in [-0.2, -0.15) is 0 Å². The van der Waals surface area contributed by atoms with Crippen LogP contribution in [0.25, 0.3) is 0 Å². The van der Waals surface area contributed by atoms with Crippen molar-refractivity contribution in [3.63, 3.8) is 0 Å². The average molecular weight is 414 g/mol. The minimum absolute atomic E-state index is 0.00882. The number of rotatable bonds is 7. The molecule has 0 spiro atoms. The summed E-state index contributed by atoms with van der Waals surface area (Å²) >= 11 is 1.52. The van der Waals surface area contributed by atoms with Crippen LogP contribution >= 0.6 is 11.8 Å². The molecule has 0 bridgehead atoms. The fourth-order valence-electron chi connectivity index (χ4n) is 3.37. The van der Waals surface area contributed by atoms with Crippen LogP contribution in [0.1, 0.15) is 28.9 Å². The van der Waals surface area contributed by atoms with Crippen molar-refractivity contribution >= 4 is 29.3 Å². The monoisotopic (exact) mass is 413 g/mol. The third-order valence-electron chi connectivity index (χ3n) is 5.01. The van der Waals surface area contributed by atoms with E-state index in [-0.39, 0.29) is 11.8 Å².